The van der Waals surface area contributed by atoms with E-state index < -0.39 is 7.60 Å². The quantitative estimate of drug-likeness (QED) is 0.813. The van der Waals surface area contributed by atoms with Gasteiger partial charge in [0.15, 0.2) is 0 Å². The highest BCUT2D eigenvalue weighted by Gasteiger charge is 2.44. The first kappa shape index (κ1) is 14.7. The first-order valence-electron chi connectivity index (χ1n) is 6.71. The molecule has 2 atom stereocenters. The fourth-order valence-electron chi connectivity index (χ4n) is 2.48. The highest BCUT2D eigenvalue weighted by atomic mass is 31.2. The summed E-state index contributed by atoms with van der Waals surface area (Å²) in [7, 11) is -3.09. The first-order chi connectivity index (χ1) is 9.21. The van der Waals surface area contributed by atoms with Crippen LogP contribution >= 0.6 is 7.60 Å². The van der Waals surface area contributed by atoms with E-state index in [1.807, 2.05) is 32.0 Å². The summed E-state index contributed by atoms with van der Waals surface area (Å²) in [6.45, 7) is 5.85. The normalized spacial score (nSPS) is 23.7. The van der Waals surface area contributed by atoms with E-state index in [1.54, 1.807) is 6.20 Å². The zero-order valence-corrected chi connectivity index (χ0v) is 12.3. The standard InChI is InChI=1S/C13H21N2O3P/c1-3-17-19(16,18-4-2)13-10-14-9-11(13)12-7-5-6-8-15-12/h5-8,11,13-14H,3-4,9-10H2,1-2H3. The highest BCUT2D eigenvalue weighted by molar-refractivity contribution is 7.54. The zero-order chi connectivity index (χ0) is 13.7. The van der Waals surface area contributed by atoms with Gasteiger partial charge in [-0.2, -0.15) is 0 Å². The molecule has 1 aromatic rings. The van der Waals surface area contributed by atoms with Gasteiger partial charge in [0.25, 0.3) is 0 Å². The van der Waals surface area contributed by atoms with E-state index in [0.29, 0.717) is 19.8 Å². The van der Waals surface area contributed by atoms with Crippen molar-refractivity contribution < 1.29 is 13.6 Å². The van der Waals surface area contributed by atoms with Crippen LogP contribution in [-0.4, -0.2) is 36.9 Å². The molecule has 1 fully saturated rings. The van der Waals surface area contributed by atoms with Gasteiger partial charge >= 0.3 is 7.60 Å². The Morgan fingerprint density at radius 1 is 1.32 bits per heavy atom. The first-order valence-corrected chi connectivity index (χ1v) is 8.33. The minimum absolute atomic E-state index is 0.0742. The lowest BCUT2D eigenvalue weighted by Gasteiger charge is -2.26. The Kier molecular flexibility index (Phi) is 5.11. The van der Waals surface area contributed by atoms with Crippen molar-refractivity contribution in [1.82, 2.24) is 10.3 Å². The molecule has 0 radical (unpaired) electrons. The van der Waals surface area contributed by atoms with Crippen LogP contribution in [0.25, 0.3) is 0 Å². The van der Waals surface area contributed by atoms with Gasteiger partial charge in [0.1, 0.15) is 0 Å². The Bertz CT molecular complexity index is 431. The second-order valence-corrected chi connectivity index (χ2v) is 6.72. The number of hydrogen-bond acceptors (Lipinski definition) is 5. The largest absolute Gasteiger partial charge is 0.335 e. The molecule has 0 aromatic carbocycles. The Hall–Kier alpha value is -0.740. The summed E-state index contributed by atoms with van der Waals surface area (Å²) in [5.41, 5.74) is 0.777. The summed E-state index contributed by atoms with van der Waals surface area (Å²) in [6.07, 6.45) is 1.76. The van der Waals surface area contributed by atoms with Crippen molar-refractivity contribution in [1.29, 1.82) is 0 Å². The molecule has 2 rings (SSSR count). The van der Waals surface area contributed by atoms with Gasteiger partial charge in [-0.15, -0.1) is 0 Å². The smallest absolute Gasteiger partial charge is 0.315 e. The number of hydrogen-bond donors (Lipinski definition) is 1. The van der Waals surface area contributed by atoms with Crippen LogP contribution in [0.1, 0.15) is 25.5 Å². The summed E-state index contributed by atoms with van der Waals surface area (Å²) in [5, 5.41) is 3.27. The van der Waals surface area contributed by atoms with Crippen LogP contribution in [0.4, 0.5) is 0 Å². The lowest BCUT2D eigenvalue weighted by molar-refractivity contribution is 0.211. The maximum absolute atomic E-state index is 12.9. The Morgan fingerprint density at radius 2 is 2.05 bits per heavy atom. The number of nitrogens with one attached hydrogen (secondary N) is 1. The van der Waals surface area contributed by atoms with Gasteiger partial charge in [-0.1, -0.05) is 6.07 Å². The molecule has 5 nitrogen and oxygen atoms in total. The third kappa shape index (κ3) is 3.23. The fraction of sp³-hybridized carbons (Fsp3) is 0.615. The van der Waals surface area contributed by atoms with Crippen molar-refractivity contribution in [2.45, 2.75) is 25.4 Å². The van der Waals surface area contributed by atoms with E-state index in [1.165, 1.54) is 0 Å². The van der Waals surface area contributed by atoms with Crippen molar-refractivity contribution in [2.24, 2.45) is 0 Å². The van der Waals surface area contributed by atoms with E-state index in [-0.39, 0.29) is 11.6 Å². The van der Waals surface area contributed by atoms with E-state index in [4.69, 9.17) is 9.05 Å². The minimum Gasteiger partial charge on any atom is -0.315 e. The van der Waals surface area contributed by atoms with E-state index in [2.05, 4.69) is 10.3 Å². The van der Waals surface area contributed by atoms with Crippen LogP contribution < -0.4 is 5.32 Å². The lowest BCUT2D eigenvalue weighted by Crippen LogP contribution is -2.21. The minimum atomic E-state index is -3.09. The summed E-state index contributed by atoms with van der Waals surface area (Å²) in [5.74, 6) is 0.0742. The average molecular weight is 284 g/mol. The fourth-order valence-corrected chi connectivity index (χ4v) is 4.71. The lowest BCUT2D eigenvalue weighted by atomic mass is 10.0. The van der Waals surface area contributed by atoms with Crippen LogP contribution in [0.15, 0.2) is 24.4 Å². The molecule has 106 valence electrons. The number of nitrogens with zero attached hydrogens (tertiary/aromatic N) is 1. The molecule has 2 unspecified atom stereocenters. The van der Waals surface area contributed by atoms with Gasteiger partial charge in [-0.3, -0.25) is 9.55 Å². The molecule has 1 saturated heterocycles. The summed E-state index contributed by atoms with van der Waals surface area (Å²) in [6, 6.07) is 5.79. The molecule has 2 heterocycles. The molecule has 0 aliphatic carbocycles. The molecule has 1 aromatic heterocycles. The van der Waals surface area contributed by atoms with E-state index >= 15 is 0 Å². The summed E-state index contributed by atoms with van der Waals surface area (Å²) in [4.78, 5) is 4.37. The van der Waals surface area contributed by atoms with Crippen LogP contribution in [0.2, 0.25) is 0 Å². The molecular weight excluding hydrogens is 263 g/mol. The van der Waals surface area contributed by atoms with Gasteiger partial charge in [-0.05, 0) is 26.0 Å². The average Bonchev–Trinajstić information content (AvgIpc) is 2.90. The molecule has 19 heavy (non-hydrogen) atoms. The predicted molar refractivity (Wildman–Crippen MR) is 74.5 cm³/mol. The van der Waals surface area contributed by atoms with Crippen molar-refractivity contribution in [3.05, 3.63) is 30.1 Å². The Balaban J connectivity index is 2.24. The second-order valence-electron chi connectivity index (χ2n) is 4.46. The predicted octanol–water partition coefficient (Wildman–Crippen LogP) is 2.40. The molecule has 6 heteroatoms. The maximum atomic E-state index is 12.9. The topological polar surface area (TPSA) is 60.5 Å². The van der Waals surface area contributed by atoms with Crippen molar-refractivity contribution in [2.75, 3.05) is 26.3 Å². The molecule has 1 aliphatic rings. The third-order valence-electron chi connectivity index (χ3n) is 3.27. The van der Waals surface area contributed by atoms with Crippen LogP contribution in [0, 0.1) is 0 Å². The Labute approximate surface area is 114 Å². The van der Waals surface area contributed by atoms with Crippen LogP contribution in [-0.2, 0) is 13.6 Å². The van der Waals surface area contributed by atoms with Crippen molar-refractivity contribution in [3.63, 3.8) is 0 Å². The van der Waals surface area contributed by atoms with Gasteiger partial charge in [-0.25, -0.2) is 0 Å². The second kappa shape index (κ2) is 6.62. The van der Waals surface area contributed by atoms with Gasteiger partial charge < -0.3 is 14.4 Å². The molecule has 0 bridgehead atoms. The molecule has 1 aliphatic heterocycles. The zero-order valence-electron chi connectivity index (χ0n) is 11.4. The number of pyridine rings is 1. The summed E-state index contributed by atoms with van der Waals surface area (Å²) < 4.78 is 23.8. The maximum Gasteiger partial charge on any atom is 0.335 e. The SMILES string of the molecule is CCOP(=O)(OCC)C1CNCC1c1ccccn1. The van der Waals surface area contributed by atoms with Crippen LogP contribution in [0.5, 0.6) is 0 Å². The number of rotatable bonds is 6. The van der Waals surface area contributed by atoms with E-state index in [9.17, 15) is 4.57 Å². The number of aromatic nitrogens is 1. The van der Waals surface area contributed by atoms with E-state index in [0.717, 1.165) is 12.2 Å². The highest BCUT2D eigenvalue weighted by Crippen LogP contribution is 2.57. The molecular formula is C13H21N2O3P. The van der Waals surface area contributed by atoms with Gasteiger partial charge in [0.2, 0.25) is 0 Å². The Morgan fingerprint density at radius 3 is 2.63 bits per heavy atom. The monoisotopic (exact) mass is 284 g/mol. The third-order valence-corrected chi connectivity index (χ3v) is 5.87. The molecule has 0 amide bonds. The van der Waals surface area contributed by atoms with Gasteiger partial charge in [0.05, 0.1) is 18.9 Å². The summed E-state index contributed by atoms with van der Waals surface area (Å²) >= 11 is 0. The molecule has 1 N–H and O–H groups in total. The molecule has 0 spiro atoms. The molecule has 0 saturated carbocycles. The van der Waals surface area contributed by atoms with Crippen molar-refractivity contribution in [3.8, 4) is 0 Å². The van der Waals surface area contributed by atoms with Crippen molar-refractivity contribution >= 4 is 7.60 Å². The van der Waals surface area contributed by atoms with Crippen LogP contribution in [0.3, 0.4) is 0 Å². The van der Waals surface area contributed by atoms with Gasteiger partial charge in [0, 0.05) is 30.9 Å².